The highest BCUT2D eigenvalue weighted by atomic mass is 19.1. The molecule has 0 N–H and O–H groups in total. The van der Waals surface area contributed by atoms with E-state index in [0.717, 1.165) is 18.4 Å². The molecule has 0 aromatic heterocycles. The van der Waals surface area contributed by atoms with Crippen LogP contribution in [-0.2, 0) is 11.2 Å². The molecule has 1 aromatic carbocycles. The smallest absolute Gasteiger partial charge is 0.136 e. The number of ketones is 1. The highest BCUT2D eigenvalue weighted by Gasteiger charge is 2.21. The van der Waals surface area contributed by atoms with Crippen molar-refractivity contribution < 1.29 is 9.18 Å². The lowest BCUT2D eigenvalue weighted by Crippen LogP contribution is -2.11. The lowest BCUT2D eigenvalue weighted by Gasteiger charge is -2.07. The predicted octanol–water partition coefficient (Wildman–Crippen LogP) is 3.52. The molecule has 16 heavy (non-hydrogen) atoms. The van der Waals surface area contributed by atoms with Crippen molar-refractivity contribution >= 4 is 5.78 Å². The second kappa shape index (κ2) is 5.24. The Balaban J connectivity index is 1.84. The van der Waals surface area contributed by atoms with Crippen molar-refractivity contribution in [2.24, 2.45) is 5.92 Å². The summed E-state index contributed by atoms with van der Waals surface area (Å²) < 4.78 is 12.9. The van der Waals surface area contributed by atoms with E-state index in [4.69, 9.17) is 0 Å². The lowest BCUT2D eigenvalue weighted by atomic mass is 9.97. The maximum absolute atomic E-state index is 12.9. The van der Waals surface area contributed by atoms with Crippen molar-refractivity contribution in [1.29, 1.82) is 0 Å². The molecule has 1 aromatic rings. The summed E-state index contributed by atoms with van der Waals surface area (Å²) in [5, 5.41) is 0. The monoisotopic (exact) mass is 220 g/mol. The van der Waals surface area contributed by atoms with Crippen LogP contribution in [0.2, 0.25) is 0 Å². The summed E-state index contributed by atoms with van der Waals surface area (Å²) in [5.41, 5.74) is 0.923. The van der Waals surface area contributed by atoms with Crippen LogP contribution in [0.5, 0.6) is 0 Å². The third-order valence-corrected chi connectivity index (χ3v) is 3.36. The first kappa shape index (κ1) is 11.3. The molecule has 0 heterocycles. The van der Waals surface area contributed by atoms with Gasteiger partial charge in [0, 0.05) is 12.3 Å². The summed E-state index contributed by atoms with van der Waals surface area (Å²) in [6, 6.07) is 6.53. The number of carbonyl (C=O) groups is 1. The number of aryl methyl sites for hydroxylation is 1. The lowest BCUT2D eigenvalue weighted by molar-refractivity contribution is -0.122. The molecule has 0 unspecified atom stereocenters. The Bertz CT molecular complexity index is 367. The maximum atomic E-state index is 12.9. The van der Waals surface area contributed by atoms with Crippen molar-refractivity contribution in [3.8, 4) is 0 Å². The molecule has 0 atom stereocenters. The second-order valence-corrected chi connectivity index (χ2v) is 4.58. The van der Waals surface area contributed by atoms with Gasteiger partial charge in [-0.05, 0) is 37.0 Å². The van der Waals surface area contributed by atoms with E-state index in [9.17, 15) is 9.18 Å². The third-order valence-electron chi connectivity index (χ3n) is 3.36. The molecule has 0 spiro atoms. The van der Waals surface area contributed by atoms with E-state index in [-0.39, 0.29) is 11.7 Å². The standard InChI is InChI=1S/C14H17FO/c15-13-7-3-4-11(10-13)8-9-14(16)12-5-1-2-6-12/h3-4,7,10,12H,1-2,5-6,8-9H2. The Morgan fingerprint density at radius 3 is 2.75 bits per heavy atom. The molecule has 2 rings (SSSR count). The molecule has 0 amide bonds. The van der Waals surface area contributed by atoms with Crippen LogP contribution in [0.25, 0.3) is 0 Å². The number of benzene rings is 1. The fourth-order valence-electron chi connectivity index (χ4n) is 2.41. The predicted molar refractivity (Wildman–Crippen MR) is 61.7 cm³/mol. The quantitative estimate of drug-likeness (QED) is 0.758. The van der Waals surface area contributed by atoms with Crippen LogP contribution in [0.4, 0.5) is 4.39 Å². The number of carbonyl (C=O) groups excluding carboxylic acids is 1. The van der Waals surface area contributed by atoms with E-state index in [1.54, 1.807) is 6.07 Å². The van der Waals surface area contributed by atoms with E-state index < -0.39 is 0 Å². The summed E-state index contributed by atoms with van der Waals surface area (Å²) >= 11 is 0. The first-order chi connectivity index (χ1) is 7.75. The average molecular weight is 220 g/mol. The maximum Gasteiger partial charge on any atom is 0.136 e. The van der Waals surface area contributed by atoms with Crippen molar-refractivity contribution in [1.82, 2.24) is 0 Å². The molecule has 0 bridgehead atoms. The number of halogens is 1. The highest BCUT2D eigenvalue weighted by Crippen LogP contribution is 2.26. The summed E-state index contributed by atoms with van der Waals surface area (Å²) in [6.07, 6.45) is 5.73. The summed E-state index contributed by atoms with van der Waals surface area (Å²) in [4.78, 5) is 11.8. The van der Waals surface area contributed by atoms with Gasteiger partial charge in [0.15, 0.2) is 0 Å². The molecule has 86 valence electrons. The van der Waals surface area contributed by atoms with Gasteiger partial charge in [-0.2, -0.15) is 0 Å². The zero-order valence-electron chi connectivity index (χ0n) is 9.42. The van der Waals surface area contributed by atoms with Crippen LogP contribution < -0.4 is 0 Å². The summed E-state index contributed by atoms with van der Waals surface area (Å²) in [5.74, 6) is 0.432. The van der Waals surface area contributed by atoms with E-state index in [0.29, 0.717) is 18.6 Å². The van der Waals surface area contributed by atoms with Crippen LogP contribution in [-0.4, -0.2) is 5.78 Å². The Hall–Kier alpha value is -1.18. The van der Waals surface area contributed by atoms with Crippen LogP contribution in [0.3, 0.4) is 0 Å². The van der Waals surface area contributed by atoms with Gasteiger partial charge in [0.2, 0.25) is 0 Å². The number of hydrogen-bond acceptors (Lipinski definition) is 1. The fourth-order valence-corrected chi connectivity index (χ4v) is 2.41. The van der Waals surface area contributed by atoms with Crippen LogP contribution >= 0.6 is 0 Å². The van der Waals surface area contributed by atoms with Crippen molar-refractivity contribution in [3.63, 3.8) is 0 Å². The molecule has 0 aliphatic heterocycles. The van der Waals surface area contributed by atoms with Crippen molar-refractivity contribution in [2.45, 2.75) is 38.5 Å². The first-order valence-electron chi connectivity index (χ1n) is 6.03. The van der Waals surface area contributed by atoms with E-state index in [1.807, 2.05) is 6.07 Å². The molecule has 1 aliphatic carbocycles. The molecule has 1 nitrogen and oxygen atoms in total. The van der Waals surface area contributed by atoms with Crippen LogP contribution in [0.15, 0.2) is 24.3 Å². The summed E-state index contributed by atoms with van der Waals surface area (Å²) in [6.45, 7) is 0. The van der Waals surface area contributed by atoms with Crippen LogP contribution in [0.1, 0.15) is 37.7 Å². The molecular formula is C14H17FO. The topological polar surface area (TPSA) is 17.1 Å². The average Bonchev–Trinajstić information content (AvgIpc) is 2.79. The Labute approximate surface area is 95.7 Å². The number of Topliss-reactive ketones (excluding diaryl/α,β-unsaturated/α-hetero) is 1. The first-order valence-corrected chi connectivity index (χ1v) is 6.03. The Kier molecular flexibility index (Phi) is 3.70. The minimum Gasteiger partial charge on any atom is -0.299 e. The SMILES string of the molecule is O=C(CCc1cccc(F)c1)C1CCCC1. The largest absolute Gasteiger partial charge is 0.299 e. The van der Waals surface area contributed by atoms with Crippen molar-refractivity contribution in [3.05, 3.63) is 35.6 Å². The van der Waals surface area contributed by atoms with Crippen molar-refractivity contribution in [2.75, 3.05) is 0 Å². The fraction of sp³-hybridized carbons (Fsp3) is 0.500. The second-order valence-electron chi connectivity index (χ2n) is 4.58. The normalized spacial score (nSPS) is 16.6. The molecule has 0 saturated heterocycles. The van der Waals surface area contributed by atoms with E-state index in [2.05, 4.69) is 0 Å². The third kappa shape index (κ3) is 2.91. The minimum absolute atomic E-state index is 0.217. The zero-order chi connectivity index (χ0) is 11.4. The van der Waals surface area contributed by atoms with Gasteiger partial charge < -0.3 is 0 Å². The van der Waals surface area contributed by atoms with Gasteiger partial charge in [-0.3, -0.25) is 4.79 Å². The van der Waals surface area contributed by atoms with Gasteiger partial charge >= 0.3 is 0 Å². The molecule has 0 radical (unpaired) electrons. The van der Waals surface area contributed by atoms with Gasteiger partial charge in [0.05, 0.1) is 0 Å². The van der Waals surface area contributed by atoms with Gasteiger partial charge in [0.1, 0.15) is 11.6 Å². The number of hydrogen-bond donors (Lipinski definition) is 0. The summed E-state index contributed by atoms with van der Waals surface area (Å²) in [7, 11) is 0. The number of rotatable bonds is 4. The Morgan fingerprint density at radius 2 is 2.06 bits per heavy atom. The van der Waals surface area contributed by atoms with Crippen LogP contribution in [0, 0.1) is 11.7 Å². The van der Waals surface area contributed by atoms with E-state index >= 15 is 0 Å². The van der Waals surface area contributed by atoms with Gasteiger partial charge in [-0.15, -0.1) is 0 Å². The molecular weight excluding hydrogens is 203 g/mol. The van der Waals surface area contributed by atoms with E-state index in [1.165, 1.54) is 25.0 Å². The minimum atomic E-state index is -0.217. The highest BCUT2D eigenvalue weighted by molar-refractivity contribution is 5.81. The zero-order valence-corrected chi connectivity index (χ0v) is 9.42. The Morgan fingerprint density at radius 1 is 1.31 bits per heavy atom. The molecule has 1 fully saturated rings. The van der Waals surface area contributed by atoms with Gasteiger partial charge in [-0.25, -0.2) is 4.39 Å². The molecule has 1 saturated carbocycles. The molecule has 2 heteroatoms. The van der Waals surface area contributed by atoms with Gasteiger partial charge in [0.25, 0.3) is 0 Å². The molecule has 1 aliphatic rings. The van der Waals surface area contributed by atoms with Gasteiger partial charge in [-0.1, -0.05) is 25.0 Å².